The van der Waals surface area contributed by atoms with Crippen LogP contribution in [0, 0.1) is 6.92 Å². The van der Waals surface area contributed by atoms with Crippen LogP contribution in [0.3, 0.4) is 0 Å². The first-order valence-electron chi connectivity index (χ1n) is 9.97. The molecule has 0 spiro atoms. The summed E-state index contributed by atoms with van der Waals surface area (Å²) in [6.45, 7) is 2.36. The zero-order chi connectivity index (χ0) is 23.5. The molecule has 1 N–H and O–H groups in total. The van der Waals surface area contributed by atoms with Gasteiger partial charge in [-0.05, 0) is 54.5 Å². The van der Waals surface area contributed by atoms with Crippen LogP contribution in [0.5, 0.6) is 5.75 Å². The van der Waals surface area contributed by atoms with Gasteiger partial charge < -0.3 is 4.74 Å². The lowest BCUT2D eigenvalue weighted by molar-refractivity contribution is -0.122. The van der Waals surface area contributed by atoms with Crippen LogP contribution in [0.15, 0.2) is 72.3 Å². The number of amides is 4. The lowest BCUT2D eigenvalue weighted by Gasteiger charge is -2.26. The fourth-order valence-corrected chi connectivity index (χ4v) is 3.67. The number of nitrogens with zero attached hydrogens (tertiary/aromatic N) is 1. The third-order valence-corrected chi connectivity index (χ3v) is 5.48. The van der Waals surface area contributed by atoms with Crippen LogP contribution in [0.4, 0.5) is 10.5 Å². The van der Waals surface area contributed by atoms with Gasteiger partial charge in [-0.25, -0.2) is 9.69 Å². The summed E-state index contributed by atoms with van der Waals surface area (Å²) in [5.74, 6) is -1.09. The van der Waals surface area contributed by atoms with Crippen molar-refractivity contribution in [3.05, 3.63) is 99.0 Å². The Morgan fingerprint density at radius 2 is 1.73 bits per heavy atom. The van der Waals surface area contributed by atoms with Gasteiger partial charge in [-0.15, -0.1) is 0 Å². The Bertz CT molecular complexity index is 1290. The Kier molecular flexibility index (Phi) is 6.49. The van der Waals surface area contributed by atoms with E-state index in [2.05, 4.69) is 5.32 Å². The fourth-order valence-electron chi connectivity index (χ4n) is 3.24. The maximum absolute atomic E-state index is 13.0. The summed E-state index contributed by atoms with van der Waals surface area (Å²) in [6, 6.07) is 18.2. The van der Waals surface area contributed by atoms with Gasteiger partial charge in [-0.2, -0.15) is 0 Å². The van der Waals surface area contributed by atoms with E-state index in [1.54, 1.807) is 36.4 Å². The van der Waals surface area contributed by atoms with E-state index in [1.165, 1.54) is 12.1 Å². The van der Waals surface area contributed by atoms with Gasteiger partial charge in [-0.1, -0.05) is 65.2 Å². The monoisotopic (exact) mass is 480 g/mol. The Morgan fingerprint density at radius 1 is 0.970 bits per heavy atom. The van der Waals surface area contributed by atoms with Gasteiger partial charge in [0.1, 0.15) is 17.9 Å². The number of rotatable bonds is 5. The third-order valence-electron chi connectivity index (χ3n) is 4.95. The molecule has 6 nitrogen and oxygen atoms in total. The molecule has 33 heavy (non-hydrogen) atoms. The molecule has 0 unspecified atom stereocenters. The number of urea groups is 1. The first-order chi connectivity index (χ1) is 15.8. The normalized spacial score (nSPS) is 15.1. The van der Waals surface area contributed by atoms with Crippen LogP contribution >= 0.6 is 23.2 Å². The predicted octanol–water partition coefficient (Wildman–Crippen LogP) is 5.55. The number of hydrogen-bond donors (Lipinski definition) is 1. The molecule has 0 bridgehead atoms. The van der Waals surface area contributed by atoms with Gasteiger partial charge >= 0.3 is 6.03 Å². The van der Waals surface area contributed by atoms with Crippen molar-refractivity contribution in [1.29, 1.82) is 0 Å². The summed E-state index contributed by atoms with van der Waals surface area (Å²) in [5.41, 5.74) is 2.70. The number of carbonyl (C=O) groups is 3. The average molecular weight is 481 g/mol. The highest BCUT2D eigenvalue weighted by Crippen LogP contribution is 2.29. The van der Waals surface area contributed by atoms with Crippen LogP contribution in [0.1, 0.15) is 16.7 Å². The molecule has 166 valence electrons. The summed E-state index contributed by atoms with van der Waals surface area (Å²) in [7, 11) is 0. The zero-order valence-corrected chi connectivity index (χ0v) is 19.0. The highest BCUT2D eigenvalue weighted by molar-refractivity contribution is 6.39. The van der Waals surface area contributed by atoms with Crippen molar-refractivity contribution < 1.29 is 19.1 Å². The highest BCUT2D eigenvalue weighted by atomic mass is 35.5. The number of ether oxygens (including phenoxy) is 1. The molecule has 0 aromatic heterocycles. The van der Waals surface area contributed by atoms with E-state index in [9.17, 15) is 14.4 Å². The van der Waals surface area contributed by atoms with Crippen molar-refractivity contribution >= 4 is 52.8 Å². The van der Waals surface area contributed by atoms with Crippen molar-refractivity contribution in [1.82, 2.24) is 5.32 Å². The van der Waals surface area contributed by atoms with Gasteiger partial charge in [0, 0.05) is 5.02 Å². The maximum atomic E-state index is 13.0. The first-order valence-corrected chi connectivity index (χ1v) is 10.7. The second-order valence-corrected chi connectivity index (χ2v) is 8.25. The summed E-state index contributed by atoms with van der Waals surface area (Å²) in [5, 5.41) is 2.85. The predicted molar refractivity (Wildman–Crippen MR) is 127 cm³/mol. The lowest BCUT2D eigenvalue weighted by Crippen LogP contribution is -2.54. The largest absolute Gasteiger partial charge is 0.487 e. The molecule has 3 aromatic carbocycles. The summed E-state index contributed by atoms with van der Waals surface area (Å²) in [6.07, 6.45) is 1.37. The van der Waals surface area contributed by atoms with Gasteiger partial charge in [0.05, 0.1) is 10.7 Å². The molecule has 1 aliphatic rings. The fraction of sp³-hybridized carbons (Fsp3) is 0.0800. The first kappa shape index (κ1) is 22.6. The van der Waals surface area contributed by atoms with Gasteiger partial charge in [-0.3, -0.25) is 14.9 Å². The third kappa shape index (κ3) is 5.08. The minimum atomic E-state index is -0.845. The minimum Gasteiger partial charge on any atom is -0.487 e. The standard InChI is InChI=1S/C25H18Cl2N2O4/c1-15-5-7-16(8-6-15)14-33-22-10-9-17(12-21(22)27)11-20-23(30)28-25(32)29(24(20)31)19-4-2-3-18(26)13-19/h2-13H,14H2,1H3,(H,28,30,32)/b20-11+. The number of imide groups is 2. The van der Waals surface area contributed by atoms with E-state index in [4.69, 9.17) is 27.9 Å². The average Bonchev–Trinajstić information content (AvgIpc) is 2.77. The van der Waals surface area contributed by atoms with Gasteiger partial charge in [0.15, 0.2) is 0 Å². The molecule has 4 amide bonds. The molecule has 0 atom stereocenters. The van der Waals surface area contributed by atoms with Crippen molar-refractivity contribution in [3.8, 4) is 5.75 Å². The molecular weight excluding hydrogens is 463 g/mol. The molecule has 4 rings (SSSR count). The SMILES string of the molecule is Cc1ccc(COc2ccc(/C=C3\C(=O)NC(=O)N(c4cccc(Cl)c4)C3=O)cc2Cl)cc1. The Balaban J connectivity index is 1.56. The van der Waals surface area contributed by atoms with E-state index in [0.29, 0.717) is 28.0 Å². The topological polar surface area (TPSA) is 75.7 Å². The number of carbonyl (C=O) groups excluding carboxylic acids is 3. The Labute approximate surface area is 200 Å². The number of nitrogens with one attached hydrogen (secondary N) is 1. The van der Waals surface area contributed by atoms with E-state index in [0.717, 1.165) is 16.0 Å². The van der Waals surface area contributed by atoms with Crippen LogP contribution < -0.4 is 15.0 Å². The highest BCUT2D eigenvalue weighted by Gasteiger charge is 2.36. The van der Waals surface area contributed by atoms with E-state index >= 15 is 0 Å². The van der Waals surface area contributed by atoms with Crippen molar-refractivity contribution in [2.75, 3.05) is 4.90 Å². The summed E-state index contributed by atoms with van der Waals surface area (Å²) < 4.78 is 5.79. The Morgan fingerprint density at radius 3 is 2.42 bits per heavy atom. The van der Waals surface area contributed by atoms with Crippen LogP contribution in [0.2, 0.25) is 10.0 Å². The van der Waals surface area contributed by atoms with Gasteiger partial charge in [0.2, 0.25) is 0 Å². The summed E-state index contributed by atoms with van der Waals surface area (Å²) in [4.78, 5) is 38.5. The van der Waals surface area contributed by atoms with Gasteiger partial charge in [0.25, 0.3) is 11.8 Å². The second kappa shape index (κ2) is 9.48. The smallest absolute Gasteiger partial charge is 0.335 e. The van der Waals surface area contributed by atoms with Crippen LogP contribution in [-0.2, 0) is 16.2 Å². The van der Waals surface area contributed by atoms with Crippen molar-refractivity contribution in [2.24, 2.45) is 0 Å². The van der Waals surface area contributed by atoms with Crippen molar-refractivity contribution in [3.63, 3.8) is 0 Å². The molecule has 0 saturated carbocycles. The molecule has 1 aliphatic heterocycles. The number of barbiturate groups is 1. The molecule has 1 fully saturated rings. The van der Waals surface area contributed by atoms with Crippen LogP contribution in [0.25, 0.3) is 6.08 Å². The minimum absolute atomic E-state index is 0.209. The van der Waals surface area contributed by atoms with E-state index < -0.39 is 17.8 Å². The van der Waals surface area contributed by atoms with Crippen LogP contribution in [-0.4, -0.2) is 17.8 Å². The maximum Gasteiger partial charge on any atom is 0.335 e. The quantitative estimate of drug-likeness (QED) is 0.383. The molecule has 0 aliphatic carbocycles. The molecule has 0 radical (unpaired) electrons. The van der Waals surface area contributed by atoms with E-state index in [1.807, 2.05) is 31.2 Å². The number of anilines is 1. The molecular formula is C25H18Cl2N2O4. The molecule has 8 heteroatoms. The number of aryl methyl sites for hydroxylation is 1. The molecule has 1 saturated heterocycles. The number of benzene rings is 3. The molecule has 1 heterocycles. The summed E-state index contributed by atoms with van der Waals surface area (Å²) >= 11 is 12.3. The molecule has 3 aromatic rings. The Hall–Kier alpha value is -3.61. The second-order valence-electron chi connectivity index (χ2n) is 7.40. The van der Waals surface area contributed by atoms with E-state index in [-0.39, 0.29) is 11.3 Å². The number of halogens is 2. The zero-order valence-electron chi connectivity index (χ0n) is 17.5. The van der Waals surface area contributed by atoms with Crippen molar-refractivity contribution in [2.45, 2.75) is 13.5 Å². The number of hydrogen-bond acceptors (Lipinski definition) is 4. The lowest BCUT2D eigenvalue weighted by atomic mass is 10.1.